The van der Waals surface area contributed by atoms with Crippen LogP contribution in [-0.4, -0.2) is 21.4 Å². The number of nitrogens with zero attached hydrogens (tertiary/aromatic N) is 3. The van der Waals surface area contributed by atoms with Crippen LogP contribution in [0.4, 0.5) is 0 Å². The van der Waals surface area contributed by atoms with Crippen LogP contribution in [0.15, 0.2) is 46.1 Å². The molecule has 134 valence electrons. The minimum Gasteiger partial charge on any atom is -0.493 e. The second-order valence-electron chi connectivity index (χ2n) is 5.83. The zero-order valence-corrected chi connectivity index (χ0v) is 15.0. The first-order chi connectivity index (χ1) is 11.7. The molecule has 0 saturated carbocycles. The van der Waals surface area contributed by atoms with Crippen molar-refractivity contribution >= 4 is 23.4 Å². The molecule has 25 heavy (non-hydrogen) atoms. The second-order valence-corrected chi connectivity index (χ2v) is 5.83. The van der Waals surface area contributed by atoms with Crippen LogP contribution in [0.1, 0.15) is 31.2 Å². The highest BCUT2D eigenvalue weighted by Crippen LogP contribution is 2.22. The minimum atomic E-state index is -0.329. The predicted molar refractivity (Wildman–Crippen MR) is 98.5 cm³/mol. The fourth-order valence-electron chi connectivity index (χ4n) is 2.66. The standard InChI is InChI=1S/C18H21N3O3.ClH/c1-14-10-18(22)24-17-11-15(6-7-16(14)17)23-9-5-3-2-4-8-21-13-19-12-20-21;/h6-7,10-13H,2-5,8-9H2,1H3;1H. The Kier molecular flexibility index (Phi) is 7.01. The first-order valence-corrected chi connectivity index (χ1v) is 8.22. The van der Waals surface area contributed by atoms with Gasteiger partial charge in [0.1, 0.15) is 24.0 Å². The van der Waals surface area contributed by atoms with E-state index in [9.17, 15) is 4.79 Å². The van der Waals surface area contributed by atoms with Gasteiger partial charge in [0.25, 0.3) is 0 Å². The maximum Gasteiger partial charge on any atom is 0.336 e. The van der Waals surface area contributed by atoms with E-state index in [1.54, 1.807) is 18.7 Å². The van der Waals surface area contributed by atoms with Crippen LogP contribution in [0.2, 0.25) is 0 Å². The molecular weight excluding hydrogens is 342 g/mol. The van der Waals surface area contributed by atoms with E-state index in [0.717, 1.165) is 48.9 Å². The van der Waals surface area contributed by atoms with Crippen LogP contribution < -0.4 is 10.4 Å². The molecule has 0 atom stereocenters. The zero-order chi connectivity index (χ0) is 16.8. The SMILES string of the molecule is Cc1cc(=O)oc2cc(OCCCCCCn3cncn3)ccc12.Cl. The minimum absolute atomic E-state index is 0. The van der Waals surface area contributed by atoms with E-state index in [1.807, 2.05) is 23.7 Å². The Morgan fingerprint density at radius 2 is 2.00 bits per heavy atom. The zero-order valence-electron chi connectivity index (χ0n) is 14.2. The summed E-state index contributed by atoms with van der Waals surface area (Å²) in [6.45, 7) is 3.47. The first-order valence-electron chi connectivity index (χ1n) is 8.22. The third kappa shape index (κ3) is 5.32. The molecular formula is C18H22ClN3O3. The number of halogens is 1. The average molecular weight is 364 g/mol. The van der Waals surface area contributed by atoms with Crippen molar-refractivity contribution in [1.29, 1.82) is 0 Å². The topological polar surface area (TPSA) is 70.2 Å². The average Bonchev–Trinajstić information content (AvgIpc) is 3.07. The van der Waals surface area contributed by atoms with E-state index >= 15 is 0 Å². The lowest BCUT2D eigenvalue weighted by Crippen LogP contribution is -2.01. The number of ether oxygens (including phenoxy) is 1. The van der Waals surface area contributed by atoms with Gasteiger partial charge in [-0.25, -0.2) is 9.78 Å². The molecule has 0 bridgehead atoms. The molecule has 6 nitrogen and oxygen atoms in total. The van der Waals surface area contributed by atoms with Gasteiger partial charge in [0, 0.05) is 24.1 Å². The normalized spacial score (nSPS) is 10.6. The van der Waals surface area contributed by atoms with E-state index in [0.29, 0.717) is 12.2 Å². The Balaban J connectivity index is 0.00000225. The highest BCUT2D eigenvalue weighted by Gasteiger charge is 2.04. The number of aromatic nitrogens is 3. The molecule has 0 saturated heterocycles. The molecule has 0 aliphatic carbocycles. The van der Waals surface area contributed by atoms with Gasteiger partial charge in [-0.3, -0.25) is 4.68 Å². The maximum absolute atomic E-state index is 11.4. The maximum atomic E-state index is 11.4. The first kappa shape index (κ1) is 19.0. The van der Waals surface area contributed by atoms with Crippen molar-refractivity contribution in [3.8, 4) is 5.75 Å². The summed E-state index contributed by atoms with van der Waals surface area (Å²) in [5, 5.41) is 5.02. The van der Waals surface area contributed by atoms with E-state index < -0.39 is 0 Å². The lowest BCUT2D eigenvalue weighted by molar-refractivity contribution is 0.303. The Morgan fingerprint density at radius 1 is 1.16 bits per heavy atom. The highest BCUT2D eigenvalue weighted by atomic mass is 35.5. The number of hydrogen-bond donors (Lipinski definition) is 0. The predicted octanol–water partition coefficient (Wildman–Crippen LogP) is 3.75. The smallest absolute Gasteiger partial charge is 0.336 e. The van der Waals surface area contributed by atoms with Gasteiger partial charge < -0.3 is 9.15 Å². The Bertz CT molecular complexity index is 846. The molecule has 0 amide bonds. The summed E-state index contributed by atoms with van der Waals surface area (Å²) in [5.74, 6) is 0.735. The summed E-state index contributed by atoms with van der Waals surface area (Å²) in [6, 6.07) is 7.14. The highest BCUT2D eigenvalue weighted by molar-refractivity contribution is 5.85. The Morgan fingerprint density at radius 3 is 2.80 bits per heavy atom. The van der Waals surface area contributed by atoms with Crippen LogP contribution in [0.5, 0.6) is 5.75 Å². The summed E-state index contributed by atoms with van der Waals surface area (Å²) in [4.78, 5) is 15.4. The number of fused-ring (bicyclic) bond motifs is 1. The number of benzene rings is 1. The van der Waals surface area contributed by atoms with Gasteiger partial charge in [-0.2, -0.15) is 5.10 Å². The Hall–Kier alpha value is -2.34. The molecule has 0 spiro atoms. The lowest BCUT2D eigenvalue weighted by atomic mass is 10.1. The quantitative estimate of drug-likeness (QED) is 0.450. The van der Waals surface area contributed by atoms with Crippen molar-refractivity contribution in [3.05, 3.63) is 52.9 Å². The molecule has 0 unspecified atom stereocenters. The van der Waals surface area contributed by atoms with Gasteiger partial charge >= 0.3 is 5.63 Å². The van der Waals surface area contributed by atoms with Crippen LogP contribution in [-0.2, 0) is 6.54 Å². The van der Waals surface area contributed by atoms with E-state index in [-0.39, 0.29) is 18.0 Å². The van der Waals surface area contributed by atoms with Crippen molar-refractivity contribution in [2.45, 2.75) is 39.2 Å². The Labute approximate surface area is 152 Å². The summed E-state index contributed by atoms with van der Waals surface area (Å²) in [5.41, 5.74) is 1.16. The van der Waals surface area contributed by atoms with Crippen LogP contribution in [0.25, 0.3) is 11.0 Å². The molecule has 0 radical (unpaired) electrons. The summed E-state index contributed by atoms with van der Waals surface area (Å²) in [6.07, 6.45) is 7.62. The molecule has 7 heteroatoms. The van der Waals surface area contributed by atoms with Crippen LogP contribution in [0, 0.1) is 6.92 Å². The third-order valence-corrected chi connectivity index (χ3v) is 3.94. The number of hydrogen-bond acceptors (Lipinski definition) is 5. The monoisotopic (exact) mass is 363 g/mol. The van der Waals surface area contributed by atoms with Crippen molar-refractivity contribution < 1.29 is 9.15 Å². The number of rotatable bonds is 8. The molecule has 0 N–H and O–H groups in total. The molecule has 2 aromatic heterocycles. The van der Waals surface area contributed by atoms with Gasteiger partial charge in [0.05, 0.1) is 6.61 Å². The lowest BCUT2D eigenvalue weighted by Gasteiger charge is -2.07. The van der Waals surface area contributed by atoms with Gasteiger partial charge in [0.15, 0.2) is 0 Å². The second kappa shape index (κ2) is 9.22. The van der Waals surface area contributed by atoms with Crippen molar-refractivity contribution in [1.82, 2.24) is 14.8 Å². The van der Waals surface area contributed by atoms with Crippen molar-refractivity contribution in [3.63, 3.8) is 0 Å². The number of aryl methyl sites for hydroxylation is 2. The molecule has 3 aromatic rings. The summed E-state index contributed by atoms with van der Waals surface area (Å²) < 4.78 is 12.8. The summed E-state index contributed by atoms with van der Waals surface area (Å²) >= 11 is 0. The van der Waals surface area contributed by atoms with Crippen molar-refractivity contribution in [2.75, 3.05) is 6.61 Å². The molecule has 0 aliphatic rings. The third-order valence-electron chi connectivity index (χ3n) is 3.94. The van der Waals surface area contributed by atoms with E-state index in [2.05, 4.69) is 10.1 Å². The van der Waals surface area contributed by atoms with E-state index in [1.165, 1.54) is 6.07 Å². The molecule has 0 fully saturated rings. The van der Waals surface area contributed by atoms with E-state index in [4.69, 9.17) is 9.15 Å². The molecule has 0 aliphatic heterocycles. The largest absolute Gasteiger partial charge is 0.493 e. The van der Waals surface area contributed by atoms with Crippen molar-refractivity contribution in [2.24, 2.45) is 0 Å². The van der Waals surface area contributed by atoms with Crippen LogP contribution in [0.3, 0.4) is 0 Å². The molecule has 3 rings (SSSR count). The fourth-order valence-corrected chi connectivity index (χ4v) is 2.66. The van der Waals surface area contributed by atoms with Crippen LogP contribution >= 0.6 is 12.4 Å². The number of unbranched alkanes of at least 4 members (excludes halogenated alkanes) is 3. The van der Waals surface area contributed by atoms with Gasteiger partial charge in [-0.05, 0) is 43.9 Å². The molecule has 2 heterocycles. The van der Waals surface area contributed by atoms with Gasteiger partial charge in [0.2, 0.25) is 0 Å². The fraction of sp³-hybridized carbons (Fsp3) is 0.389. The summed E-state index contributed by atoms with van der Waals surface area (Å²) in [7, 11) is 0. The van der Waals surface area contributed by atoms with Gasteiger partial charge in [-0.15, -0.1) is 12.4 Å². The molecule has 1 aromatic carbocycles. The van der Waals surface area contributed by atoms with Gasteiger partial charge in [-0.1, -0.05) is 6.42 Å².